The number of aryl methyl sites for hydroxylation is 1. The average Bonchev–Trinajstić information content (AvgIpc) is 3.48. The van der Waals surface area contributed by atoms with Crippen LogP contribution in [0.4, 0.5) is 33.5 Å². The van der Waals surface area contributed by atoms with E-state index in [9.17, 15) is 26.7 Å². The Bertz CT molecular complexity index is 1450. The van der Waals surface area contributed by atoms with Gasteiger partial charge in [0, 0.05) is 42.4 Å². The highest BCUT2D eigenvalue weighted by atomic mass is 19.4. The Morgan fingerprint density at radius 3 is 2.63 bits per heavy atom. The minimum atomic E-state index is -4.87. The van der Waals surface area contributed by atoms with Gasteiger partial charge in [-0.25, -0.2) is 18.7 Å². The topological polar surface area (TPSA) is 115 Å². The molecule has 0 saturated carbocycles. The van der Waals surface area contributed by atoms with Crippen LogP contribution in [-0.2, 0) is 19.1 Å². The molecule has 14 heteroatoms. The van der Waals surface area contributed by atoms with Gasteiger partial charge in [0.05, 0.1) is 17.5 Å². The molecule has 4 rings (SSSR count). The SMILES string of the molecule is CCc1cc(Nc2nccn3c(-c4cn(CC(F)F)nc4C(F)(F)F)cnc23)ccc1C(=O)N[C@@H](C)CN. The summed E-state index contributed by atoms with van der Waals surface area (Å²) in [6.45, 7) is 3.01. The molecule has 0 aliphatic heterocycles. The van der Waals surface area contributed by atoms with Crippen LogP contribution in [0.5, 0.6) is 0 Å². The second-order valence-electron chi connectivity index (χ2n) is 8.58. The number of nitrogens with zero attached hydrogens (tertiary/aromatic N) is 5. The van der Waals surface area contributed by atoms with Crippen molar-refractivity contribution in [3.05, 3.63) is 59.8 Å². The summed E-state index contributed by atoms with van der Waals surface area (Å²) in [6, 6.07) is 4.91. The number of imidazole rings is 1. The van der Waals surface area contributed by atoms with Crippen molar-refractivity contribution in [1.29, 1.82) is 0 Å². The predicted octanol–water partition coefficient (Wildman–Crippen LogP) is 4.26. The number of halogens is 5. The summed E-state index contributed by atoms with van der Waals surface area (Å²) in [7, 11) is 0. The van der Waals surface area contributed by atoms with E-state index in [-0.39, 0.29) is 29.1 Å². The number of fused-ring (bicyclic) bond motifs is 1. The first kappa shape index (κ1) is 27.0. The van der Waals surface area contributed by atoms with Crippen LogP contribution in [0, 0.1) is 0 Å². The summed E-state index contributed by atoms with van der Waals surface area (Å²) >= 11 is 0. The first-order chi connectivity index (χ1) is 18.0. The molecule has 0 aliphatic rings. The Balaban J connectivity index is 1.69. The number of nitrogens with two attached hydrogens (primary N) is 1. The van der Waals surface area contributed by atoms with E-state index in [0.29, 0.717) is 28.9 Å². The lowest BCUT2D eigenvalue weighted by molar-refractivity contribution is -0.141. The van der Waals surface area contributed by atoms with E-state index in [1.807, 2.05) is 6.92 Å². The molecule has 3 heterocycles. The summed E-state index contributed by atoms with van der Waals surface area (Å²) in [5.41, 5.74) is 5.94. The number of aromatic nitrogens is 5. The maximum Gasteiger partial charge on any atom is 0.435 e. The zero-order chi connectivity index (χ0) is 27.6. The van der Waals surface area contributed by atoms with Gasteiger partial charge in [-0.3, -0.25) is 13.9 Å². The molecule has 0 unspecified atom stereocenters. The summed E-state index contributed by atoms with van der Waals surface area (Å²) < 4.78 is 68.5. The minimum absolute atomic E-state index is 0.00795. The fourth-order valence-corrected chi connectivity index (χ4v) is 3.94. The maximum absolute atomic E-state index is 13.7. The molecular formula is C24H25F5N8O. The molecule has 0 fully saturated rings. The molecule has 9 nitrogen and oxygen atoms in total. The normalized spacial score (nSPS) is 12.8. The predicted molar refractivity (Wildman–Crippen MR) is 130 cm³/mol. The van der Waals surface area contributed by atoms with Crippen LogP contribution in [0.15, 0.2) is 43.0 Å². The molecule has 38 heavy (non-hydrogen) atoms. The maximum atomic E-state index is 13.7. The number of rotatable bonds is 9. The number of amides is 1. The van der Waals surface area contributed by atoms with E-state index in [2.05, 4.69) is 25.7 Å². The van der Waals surface area contributed by atoms with Crippen molar-refractivity contribution >= 4 is 23.1 Å². The quantitative estimate of drug-likeness (QED) is 0.276. The standard InChI is InChI=1S/C24H25F5N8O/c1-3-14-8-15(4-5-16(14)23(38)33-13(2)9-30)34-21-22-32-10-18(37(22)7-6-31-21)17-11-36(12-19(25)26)35-20(17)24(27,28)29/h4-8,10-11,13,19H,3,9,12,30H2,1-2H3,(H,31,34)(H,33,38)/t13-/m0/s1. The Kier molecular flexibility index (Phi) is 7.62. The van der Waals surface area contributed by atoms with Crippen molar-refractivity contribution in [3.63, 3.8) is 0 Å². The van der Waals surface area contributed by atoms with Crippen molar-refractivity contribution in [3.8, 4) is 11.3 Å². The van der Waals surface area contributed by atoms with E-state index >= 15 is 0 Å². The average molecular weight is 537 g/mol. The van der Waals surface area contributed by atoms with Crippen LogP contribution >= 0.6 is 0 Å². The molecule has 1 atom stereocenters. The minimum Gasteiger partial charge on any atom is -0.348 e. The van der Waals surface area contributed by atoms with Crippen LogP contribution in [0.25, 0.3) is 16.9 Å². The third-order valence-electron chi connectivity index (χ3n) is 5.78. The molecule has 0 saturated heterocycles. The zero-order valence-corrected chi connectivity index (χ0v) is 20.4. The van der Waals surface area contributed by atoms with Gasteiger partial charge in [0.25, 0.3) is 12.3 Å². The molecule has 3 aromatic heterocycles. The number of hydrogen-bond donors (Lipinski definition) is 3. The van der Waals surface area contributed by atoms with Gasteiger partial charge in [-0.2, -0.15) is 18.3 Å². The molecule has 0 aliphatic carbocycles. The van der Waals surface area contributed by atoms with Crippen molar-refractivity contribution in [1.82, 2.24) is 29.5 Å². The molecule has 0 radical (unpaired) electrons. The molecule has 1 amide bonds. The van der Waals surface area contributed by atoms with Crippen molar-refractivity contribution in [2.45, 2.75) is 45.5 Å². The Morgan fingerprint density at radius 1 is 1.21 bits per heavy atom. The third-order valence-corrected chi connectivity index (χ3v) is 5.78. The van der Waals surface area contributed by atoms with E-state index in [1.54, 1.807) is 25.1 Å². The molecule has 1 aromatic carbocycles. The van der Waals surface area contributed by atoms with Gasteiger partial charge in [-0.15, -0.1) is 0 Å². The number of alkyl halides is 5. The fraction of sp³-hybridized carbons (Fsp3) is 0.333. The van der Waals surface area contributed by atoms with Crippen LogP contribution in [-0.4, -0.2) is 49.1 Å². The number of benzene rings is 1. The lowest BCUT2D eigenvalue weighted by Crippen LogP contribution is -2.38. The number of anilines is 2. The zero-order valence-electron chi connectivity index (χ0n) is 20.4. The van der Waals surface area contributed by atoms with Gasteiger partial charge < -0.3 is 16.4 Å². The van der Waals surface area contributed by atoms with E-state index < -0.39 is 30.4 Å². The number of hydrogen-bond acceptors (Lipinski definition) is 6. The lowest BCUT2D eigenvalue weighted by atomic mass is 10.0. The van der Waals surface area contributed by atoms with Gasteiger partial charge >= 0.3 is 6.18 Å². The monoisotopic (exact) mass is 536 g/mol. The van der Waals surface area contributed by atoms with Crippen LogP contribution in [0.3, 0.4) is 0 Å². The van der Waals surface area contributed by atoms with Gasteiger partial charge in [0.2, 0.25) is 0 Å². The highest BCUT2D eigenvalue weighted by molar-refractivity contribution is 5.96. The van der Waals surface area contributed by atoms with Gasteiger partial charge in [0.15, 0.2) is 17.2 Å². The summed E-state index contributed by atoms with van der Waals surface area (Å²) in [4.78, 5) is 21.1. The number of carbonyl (C=O) groups is 1. The van der Waals surface area contributed by atoms with E-state index in [4.69, 9.17) is 5.73 Å². The van der Waals surface area contributed by atoms with Crippen LogP contribution in [0.1, 0.15) is 35.5 Å². The molecular weight excluding hydrogens is 511 g/mol. The second kappa shape index (κ2) is 10.7. The molecule has 0 spiro atoms. The lowest BCUT2D eigenvalue weighted by Gasteiger charge is -2.15. The fourth-order valence-electron chi connectivity index (χ4n) is 3.94. The molecule has 0 bridgehead atoms. The van der Waals surface area contributed by atoms with Gasteiger partial charge in [0.1, 0.15) is 6.54 Å². The molecule has 4 N–H and O–H groups in total. The summed E-state index contributed by atoms with van der Waals surface area (Å²) in [5.74, 6) is -0.0133. The number of carbonyl (C=O) groups excluding carboxylic acids is 1. The molecule has 4 aromatic rings. The van der Waals surface area contributed by atoms with Crippen LogP contribution in [0.2, 0.25) is 0 Å². The van der Waals surface area contributed by atoms with E-state index in [1.165, 1.54) is 23.0 Å². The summed E-state index contributed by atoms with van der Waals surface area (Å²) in [5, 5.41) is 9.25. The largest absolute Gasteiger partial charge is 0.435 e. The first-order valence-electron chi connectivity index (χ1n) is 11.7. The Hall–Kier alpha value is -4.07. The Labute approximate surface area is 213 Å². The third kappa shape index (κ3) is 5.59. The molecule has 202 valence electrons. The Morgan fingerprint density at radius 2 is 1.97 bits per heavy atom. The smallest absolute Gasteiger partial charge is 0.348 e. The number of nitrogens with one attached hydrogen (secondary N) is 2. The van der Waals surface area contributed by atoms with Crippen molar-refractivity contribution in [2.24, 2.45) is 5.73 Å². The summed E-state index contributed by atoms with van der Waals surface area (Å²) in [6.07, 6.45) is -2.28. The highest BCUT2D eigenvalue weighted by Gasteiger charge is 2.38. The highest BCUT2D eigenvalue weighted by Crippen LogP contribution is 2.37. The second-order valence-corrected chi connectivity index (χ2v) is 8.58. The van der Waals surface area contributed by atoms with Gasteiger partial charge in [-0.05, 0) is 37.1 Å². The van der Waals surface area contributed by atoms with Crippen molar-refractivity contribution < 1.29 is 26.7 Å². The van der Waals surface area contributed by atoms with E-state index in [0.717, 1.165) is 11.8 Å². The first-order valence-corrected chi connectivity index (χ1v) is 11.7. The van der Waals surface area contributed by atoms with Crippen molar-refractivity contribution in [2.75, 3.05) is 11.9 Å². The van der Waals surface area contributed by atoms with Crippen LogP contribution < -0.4 is 16.4 Å². The van der Waals surface area contributed by atoms with Gasteiger partial charge in [-0.1, -0.05) is 6.92 Å².